The van der Waals surface area contributed by atoms with E-state index in [1.54, 1.807) is 18.2 Å². The van der Waals surface area contributed by atoms with E-state index >= 15 is 0 Å². The number of halogens is 2. The zero-order chi connectivity index (χ0) is 22.5. The second-order valence-electron chi connectivity index (χ2n) is 7.25. The molecule has 0 aliphatic carbocycles. The summed E-state index contributed by atoms with van der Waals surface area (Å²) in [5, 5.41) is 11.5. The van der Waals surface area contributed by atoms with E-state index < -0.39 is 5.82 Å². The number of nitrogens with zero attached hydrogens (tertiary/aromatic N) is 4. The topological polar surface area (TPSA) is 74.5 Å². The predicted octanol–water partition coefficient (Wildman–Crippen LogP) is 4.40. The van der Waals surface area contributed by atoms with E-state index in [0.29, 0.717) is 10.7 Å². The van der Waals surface area contributed by atoms with Crippen LogP contribution in [-0.4, -0.2) is 59.5 Å². The van der Waals surface area contributed by atoms with Crippen LogP contribution in [0.1, 0.15) is 6.92 Å². The highest BCUT2D eigenvalue weighted by molar-refractivity contribution is 7.99. The van der Waals surface area contributed by atoms with E-state index in [-0.39, 0.29) is 28.3 Å². The Hall–Kier alpha value is -2.62. The molecule has 0 radical (unpaired) electrons. The van der Waals surface area contributed by atoms with E-state index in [2.05, 4.69) is 32.2 Å². The Labute approximate surface area is 194 Å². The highest BCUT2D eigenvalue weighted by atomic mass is 35.5. The monoisotopic (exact) mass is 475 g/mol. The first-order chi connectivity index (χ1) is 15.5. The summed E-state index contributed by atoms with van der Waals surface area (Å²) in [5.41, 5.74) is 1.73. The Kier molecular flexibility index (Phi) is 7.29. The number of thioether (sulfide) groups is 1. The number of hydrogen-bond acceptors (Lipinski definition) is 7. The van der Waals surface area contributed by atoms with Crippen molar-refractivity contribution in [2.24, 2.45) is 0 Å². The van der Waals surface area contributed by atoms with Crippen LogP contribution >= 0.6 is 23.4 Å². The zero-order valence-electron chi connectivity index (χ0n) is 17.6. The Balaban J connectivity index is 1.39. The number of para-hydroxylation sites is 1. The van der Waals surface area contributed by atoms with Gasteiger partial charge in [-0.3, -0.25) is 4.79 Å². The molecule has 10 heteroatoms. The van der Waals surface area contributed by atoms with Gasteiger partial charge < -0.3 is 19.5 Å². The number of carbonyl (C=O) groups is 1. The maximum atomic E-state index is 13.9. The number of rotatable bonds is 7. The second-order valence-corrected chi connectivity index (χ2v) is 8.58. The first-order valence-corrected chi connectivity index (χ1v) is 11.7. The number of carbonyl (C=O) groups excluding carboxylic acids is 1. The number of benzene rings is 2. The molecule has 2 heterocycles. The van der Waals surface area contributed by atoms with E-state index in [1.807, 2.05) is 18.2 Å². The van der Waals surface area contributed by atoms with Crippen LogP contribution in [0.15, 0.2) is 52.1 Å². The lowest BCUT2D eigenvalue weighted by Gasteiger charge is -2.36. The minimum Gasteiger partial charge on any atom is -0.411 e. The molecule has 1 aliphatic heterocycles. The van der Waals surface area contributed by atoms with Crippen LogP contribution in [0.3, 0.4) is 0 Å². The van der Waals surface area contributed by atoms with Gasteiger partial charge in [0.1, 0.15) is 5.82 Å². The number of aromatic nitrogens is 2. The van der Waals surface area contributed by atoms with Crippen molar-refractivity contribution in [2.45, 2.75) is 12.1 Å². The summed E-state index contributed by atoms with van der Waals surface area (Å²) >= 11 is 7.58. The fourth-order valence-corrected chi connectivity index (χ4v) is 4.41. The number of hydrogen-bond donors (Lipinski definition) is 1. The molecule has 0 spiro atoms. The fourth-order valence-electron chi connectivity index (χ4n) is 3.55. The normalized spacial score (nSPS) is 14.5. The Morgan fingerprint density at radius 2 is 1.94 bits per heavy atom. The lowest BCUT2D eigenvalue weighted by Crippen LogP contribution is -2.46. The molecule has 168 valence electrons. The Bertz CT molecular complexity index is 1090. The summed E-state index contributed by atoms with van der Waals surface area (Å²) in [4.78, 5) is 17.2. The van der Waals surface area contributed by atoms with Crippen molar-refractivity contribution in [1.29, 1.82) is 0 Å². The molecule has 1 aliphatic rings. The van der Waals surface area contributed by atoms with Gasteiger partial charge in [-0.2, -0.15) is 0 Å². The maximum absolute atomic E-state index is 13.9. The van der Waals surface area contributed by atoms with Gasteiger partial charge in [-0.05, 0) is 30.8 Å². The molecule has 4 rings (SSSR count). The average Bonchev–Trinajstić information content (AvgIpc) is 3.27. The Morgan fingerprint density at radius 3 is 2.69 bits per heavy atom. The first-order valence-electron chi connectivity index (χ1n) is 10.3. The average molecular weight is 476 g/mol. The van der Waals surface area contributed by atoms with Crippen molar-refractivity contribution < 1.29 is 13.6 Å². The third-order valence-corrected chi connectivity index (χ3v) is 6.36. The van der Waals surface area contributed by atoms with Gasteiger partial charge in [-0.15, -0.1) is 10.2 Å². The molecule has 3 aromatic rings. The van der Waals surface area contributed by atoms with E-state index in [4.69, 9.17) is 16.0 Å². The van der Waals surface area contributed by atoms with Crippen LogP contribution in [-0.2, 0) is 4.79 Å². The van der Waals surface area contributed by atoms with Gasteiger partial charge in [0, 0.05) is 26.2 Å². The molecule has 1 saturated heterocycles. The Morgan fingerprint density at radius 1 is 1.16 bits per heavy atom. The van der Waals surface area contributed by atoms with Gasteiger partial charge in [0.25, 0.3) is 11.1 Å². The van der Waals surface area contributed by atoms with Gasteiger partial charge in [-0.1, -0.05) is 48.5 Å². The molecule has 0 bridgehead atoms. The van der Waals surface area contributed by atoms with Crippen molar-refractivity contribution in [2.75, 3.05) is 48.7 Å². The first kappa shape index (κ1) is 22.6. The standard InChI is InChI=1S/C22H23ClFN5O2S/c1-2-28-10-12-29(13-11-28)20-16(23)7-5-9-18(20)25-19(30)14-32-22-27-26-21(31-22)15-6-3-4-8-17(15)24/h3-9H,2,10-14H2,1H3,(H,25,30). The molecule has 1 amide bonds. The van der Waals surface area contributed by atoms with Crippen molar-refractivity contribution in [3.05, 3.63) is 53.3 Å². The SMILES string of the molecule is CCN1CCN(c2c(Cl)cccc2NC(=O)CSc2nnc(-c3ccccc3F)o2)CC1. The van der Waals surface area contributed by atoms with E-state index in [1.165, 1.54) is 6.07 Å². The molecule has 1 aromatic heterocycles. The lowest BCUT2D eigenvalue weighted by molar-refractivity contribution is -0.113. The molecular formula is C22H23ClFN5O2S. The number of nitrogens with one attached hydrogen (secondary N) is 1. The summed E-state index contributed by atoms with van der Waals surface area (Å²) < 4.78 is 19.4. The predicted molar refractivity (Wildman–Crippen MR) is 125 cm³/mol. The number of likely N-dealkylation sites (N-methyl/N-ethyl adjacent to an activating group) is 1. The quantitative estimate of drug-likeness (QED) is 0.507. The van der Waals surface area contributed by atoms with Crippen LogP contribution in [0.25, 0.3) is 11.5 Å². The smallest absolute Gasteiger partial charge is 0.277 e. The summed E-state index contributed by atoms with van der Waals surface area (Å²) in [6.45, 7) is 6.76. The highest BCUT2D eigenvalue weighted by Gasteiger charge is 2.22. The van der Waals surface area contributed by atoms with Crippen LogP contribution in [0.2, 0.25) is 5.02 Å². The number of piperazine rings is 1. The minimum atomic E-state index is -0.446. The van der Waals surface area contributed by atoms with Gasteiger partial charge >= 0.3 is 0 Å². The molecule has 0 saturated carbocycles. The van der Waals surface area contributed by atoms with Gasteiger partial charge in [0.15, 0.2) is 0 Å². The highest BCUT2D eigenvalue weighted by Crippen LogP contribution is 2.35. The molecule has 1 N–H and O–H groups in total. The molecule has 7 nitrogen and oxygen atoms in total. The summed E-state index contributed by atoms with van der Waals surface area (Å²) in [5.74, 6) is -0.529. The molecule has 0 atom stereocenters. The van der Waals surface area contributed by atoms with Gasteiger partial charge in [0.05, 0.1) is 27.7 Å². The third-order valence-electron chi connectivity index (χ3n) is 5.23. The van der Waals surface area contributed by atoms with Crippen molar-refractivity contribution >= 4 is 40.6 Å². The van der Waals surface area contributed by atoms with Crippen molar-refractivity contribution in [3.63, 3.8) is 0 Å². The third kappa shape index (κ3) is 5.23. The molecule has 1 fully saturated rings. The van der Waals surface area contributed by atoms with Crippen molar-refractivity contribution in [3.8, 4) is 11.5 Å². The van der Waals surface area contributed by atoms with Gasteiger partial charge in [0.2, 0.25) is 5.91 Å². The molecular weight excluding hydrogens is 453 g/mol. The van der Waals surface area contributed by atoms with Crippen LogP contribution in [0.5, 0.6) is 0 Å². The molecule has 2 aromatic carbocycles. The van der Waals surface area contributed by atoms with Crippen molar-refractivity contribution in [1.82, 2.24) is 15.1 Å². The number of anilines is 2. The lowest BCUT2D eigenvalue weighted by atomic mass is 10.2. The summed E-state index contributed by atoms with van der Waals surface area (Å²) in [6, 6.07) is 11.6. The summed E-state index contributed by atoms with van der Waals surface area (Å²) in [7, 11) is 0. The van der Waals surface area contributed by atoms with Gasteiger partial charge in [-0.25, -0.2) is 4.39 Å². The second kappa shape index (κ2) is 10.3. The zero-order valence-corrected chi connectivity index (χ0v) is 19.1. The molecule has 0 unspecified atom stereocenters. The van der Waals surface area contributed by atoms with Crippen LogP contribution in [0.4, 0.5) is 15.8 Å². The fraction of sp³-hybridized carbons (Fsp3) is 0.318. The maximum Gasteiger partial charge on any atom is 0.277 e. The van der Waals surface area contributed by atoms with Crippen LogP contribution < -0.4 is 10.2 Å². The summed E-state index contributed by atoms with van der Waals surface area (Å²) in [6.07, 6.45) is 0. The minimum absolute atomic E-state index is 0.0640. The van der Waals surface area contributed by atoms with E-state index in [0.717, 1.165) is 50.2 Å². The van der Waals surface area contributed by atoms with Crippen LogP contribution in [0, 0.1) is 5.82 Å². The van der Waals surface area contributed by atoms with E-state index in [9.17, 15) is 9.18 Å². The largest absolute Gasteiger partial charge is 0.411 e. The molecule has 32 heavy (non-hydrogen) atoms. The number of amides is 1.